The summed E-state index contributed by atoms with van der Waals surface area (Å²) in [5.41, 5.74) is 5.23. The molecule has 0 aliphatic carbocycles. The molecular weight excluding hydrogens is 214 g/mol. The Balaban J connectivity index is 1.80. The summed E-state index contributed by atoms with van der Waals surface area (Å²) < 4.78 is 1.79. The molecule has 0 spiro atoms. The highest BCUT2D eigenvalue weighted by Crippen LogP contribution is 2.12. The van der Waals surface area contributed by atoms with E-state index < -0.39 is 0 Å². The Hall–Kier alpha value is -2.43. The Labute approximate surface area is 98.5 Å². The SMILES string of the molecule is c1ccc(CNn2cncc3ncnc2-3)cc1. The van der Waals surface area contributed by atoms with Gasteiger partial charge < -0.3 is 5.43 Å². The van der Waals surface area contributed by atoms with Crippen molar-refractivity contribution in [2.75, 3.05) is 5.43 Å². The summed E-state index contributed by atoms with van der Waals surface area (Å²) >= 11 is 0. The zero-order valence-corrected chi connectivity index (χ0v) is 9.11. The molecule has 0 fully saturated rings. The Morgan fingerprint density at radius 2 is 2.00 bits per heavy atom. The fourth-order valence-corrected chi connectivity index (χ4v) is 1.66. The number of hydrogen-bond acceptors (Lipinski definition) is 4. The van der Waals surface area contributed by atoms with E-state index in [4.69, 9.17) is 0 Å². The van der Waals surface area contributed by atoms with E-state index in [9.17, 15) is 0 Å². The van der Waals surface area contributed by atoms with Gasteiger partial charge in [0.2, 0.25) is 0 Å². The van der Waals surface area contributed by atoms with Gasteiger partial charge in [0, 0.05) is 0 Å². The van der Waals surface area contributed by atoms with Gasteiger partial charge in [-0.1, -0.05) is 30.3 Å². The molecule has 3 rings (SSSR count). The van der Waals surface area contributed by atoms with Gasteiger partial charge in [0.25, 0.3) is 0 Å². The van der Waals surface area contributed by atoms with Crippen LogP contribution in [0.4, 0.5) is 0 Å². The maximum atomic E-state index is 4.18. The van der Waals surface area contributed by atoms with Crippen LogP contribution in [0.15, 0.2) is 49.2 Å². The summed E-state index contributed by atoms with van der Waals surface area (Å²) in [7, 11) is 0. The highest BCUT2D eigenvalue weighted by Gasteiger charge is 2.08. The molecule has 0 atom stereocenters. The maximum absolute atomic E-state index is 4.18. The van der Waals surface area contributed by atoms with Crippen molar-refractivity contribution in [3.05, 3.63) is 54.7 Å². The quantitative estimate of drug-likeness (QED) is 0.734. The van der Waals surface area contributed by atoms with Gasteiger partial charge in [-0.25, -0.2) is 19.6 Å². The van der Waals surface area contributed by atoms with Crippen molar-refractivity contribution < 1.29 is 0 Å². The van der Waals surface area contributed by atoms with Crippen LogP contribution in [0.3, 0.4) is 0 Å². The lowest BCUT2D eigenvalue weighted by Crippen LogP contribution is -2.17. The maximum Gasteiger partial charge on any atom is 0.181 e. The van der Waals surface area contributed by atoms with Crippen LogP contribution >= 0.6 is 0 Å². The van der Waals surface area contributed by atoms with Crippen LogP contribution in [0.5, 0.6) is 0 Å². The van der Waals surface area contributed by atoms with Gasteiger partial charge in [0.15, 0.2) is 5.82 Å². The average molecular weight is 225 g/mol. The van der Waals surface area contributed by atoms with Crippen molar-refractivity contribution in [1.29, 1.82) is 0 Å². The van der Waals surface area contributed by atoms with E-state index in [0.29, 0.717) is 0 Å². The van der Waals surface area contributed by atoms with Crippen LogP contribution in [-0.2, 0) is 6.54 Å². The third kappa shape index (κ3) is 1.94. The zero-order chi connectivity index (χ0) is 11.5. The molecule has 0 saturated carbocycles. The van der Waals surface area contributed by atoms with Crippen molar-refractivity contribution in [2.45, 2.75) is 6.54 Å². The summed E-state index contributed by atoms with van der Waals surface area (Å²) in [5, 5.41) is 0. The van der Waals surface area contributed by atoms with Crippen molar-refractivity contribution in [3.63, 3.8) is 0 Å². The second-order valence-corrected chi connectivity index (χ2v) is 3.67. The van der Waals surface area contributed by atoms with Crippen molar-refractivity contribution in [3.8, 4) is 11.5 Å². The Kier molecular flexibility index (Phi) is 2.42. The molecule has 1 aromatic rings. The number of nitrogens with one attached hydrogen (secondary N) is 1. The molecule has 0 unspecified atom stereocenters. The molecule has 1 aromatic carbocycles. The molecule has 5 heteroatoms. The number of rotatable bonds is 3. The van der Waals surface area contributed by atoms with E-state index in [1.165, 1.54) is 11.9 Å². The molecule has 0 saturated heterocycles. The lowest BCUT2D eigenvalue weighted by Gasteiger charge is -2.12. The molecule has 2 heterocycles. The van der Waals surface area contributed by atoms with E-state index in [0.717, 1.165) is 18.1 Å². The average Bonchev–Trinajstić information content (AvgIpc) is 2.86. The van der Waals surface area contributed by atoms with Gasteiger partial charge >= 0.3 is 0 Å². The standard InChI is InChI=1S/C12H11N5/c1-2-4-10(5-3-1)6-16-17-9-13-7-11-12(17)15-8-14-11/h1-5,7-9,16H,6H2. The molecular formula is C12H11N5. The Morgan fingerprint density at radius 3 is 2.88 bits per heavy atom. The fraction of sp³-hybridized carbons (Fsp3) is 0.0833. The molecule has 2 aliphatic rings. The van der Waals surface area contributed by atoms with Gasteiger partial charge in [-0.05, 0) is 5.56 Å². The number of benzene rings is 1. The Bertz CT molecular complexity index is 575. The predicted octanol–water partition coefficient (Wildman–Crippen LogP) is 1.52. The third-order valence-corrected chi connectivity index (χ3v) is 2.51. The number of aromatic nitrogens is 4. The van der Waals surface area contributed by atoms with Crippen LogP contribution in [-0.4, -0.2) is 19.6 Å². The zero-order valence-electron chi connectivity index (χ0n) is 9.11. The van der Waals surface area contributed by atoms with E-state index >= 15 is 0 Å². The lowest BCUT2D eigenvalue weighted by molar-refractivity contribution is 0.800. The first-order valence-corrected chi connectivity index (χ1v) is 5.34. The summed E-state index contributed by atoms with van der Waals surface area (Å²) in [4.78, 5) is 12.4. The molecule has 2 aliphatic heterocycles. The molecule has 17 heavy (non-hydrogen) atoms. The van der Waals surface area contributed by atoms with Gasteiger partial charge in [-0.3, -0.25) is 0 Å². The summed E-state index contributed by atoms with van der Waals surface area (Å²) in [6, 6.07) is 10.2. The minimum absolute atomic E-state index is 0.721. The van der Waals surface area contributed by atoms with E-state index in [1.54, 1.807) is 17.2 Å². The van der Waals surface area contributed by atoms with Crippen LogP contribution in [0.25, 0.3) is 11.5 Å². The first kappa shape index (κ1) is 9.77. The number of hydrogen-bond donors (Lipinski definition) is 1. The largest absolute Gasteiger partial charge is 0.319 e. The van der Waals surface area contributed by atoms with Crippen LogP contribution in [0.1, 0.15) is 5.56 Å². The fourth-order valence-electron chi connectivity index (χ4n) is 1.66. The minimum atomic E-state index is 0.721. The minimum Gasteiger partial charge on any atom is -0.319 e. The summed E-state index contributed by atoms with van der Waals surface area (Å²) in [6.07, 6.45) is 4.93. The number of imidazole rings is 1. The van der Waals surface area contributed by atoms with Crippen molar-refractivity contribution in [1.82, 2.24) is 19.6 Å². The highest BCUT2D eigenvalue weighted by atomic mass is 15.4. The molecule has 0 bridgehead atoms. The van der Waals surface area contributed by atoms with Gasteiger partial charge in [0.1, 0.15) is 18.3 Å². The molecule has 0 aromatic heterocycles. The van der Waals surface area contributed by atoms with Gasteiger partial charge in [-0.15, -0.1) is 0 Å². The topological polar surface area (TPSA) is 55.6 Å². The lowest BCUT2D eigenvalue weighted by atomic mass is 10.2. The predicted molar refractivity (Wildman–Crippen MR) is 63.9 cm³/mol. The van der Waals surface area contributed by atoms with Crippen LogP contribution in [0.2, 0.25) is 0 Å². The first-order chi connectivity index (χ1) is 8.43. The van der Waals surface area contributed by atoms with Crippen LogP contribution < -0.4 is 5.43 Å². The van der Waals surface area contributed by atoms with Crippen molar-refractivity contribution in [2.24, 2.45) is 0 Å². The molecule has 0 amide bonds. The van der Waals surface area contributed by atoms with E-state index in [2.05, 4.69) is 32.5 Å². The smallest absolute Gasteiger partial charge is 0.181 e. The first-order valence-electron chi connectivity index (χ1n) is 5.34. The summed E-state index contributed by atoms with van der Waals surface area (Å²) in [6.45, 7) is 0.721. The van der Waals surface area contributed by atoms with Crippen LogP contribution in [0, 0.1) is 0 Å². The number of fused-ring (bicyclic) bond motifs is 1. The Morgan fingerprint density at radius 1 is 1.12 bits per heavy atom. The van der Waals surface area contributed by atoms with Gasteiger partial charge in [0.05, 0.1) is 12.7 Å². The molecule has 5 nitrogen and oxygen atoms in total. The molecule has 1 N–H and O–H groups in total. The molecule has 84 valence electrons. The molecule has 0 radical (unpaired) electrons. The highest BCUT2D eigenvalue weighted by molar-refractivity contribution is 5.49. The number of nitrogens with zero attached hydrogens (tertiary/aromatic N) is 4. The summed E-state index contributed by atoms with van der Waals surface area (Å²) in [5.74, 6) is 0.788. The van der Waals surface area contributed by atoms with Gasteiger partial charge in [-0.2, -0.15) is 0 Å². The second kappa shape index (κ2) is 4.21. The monoisotopic (exact) mass is 225 g/mol. The van der Waals surface area contributed by atoms with E-state index in [1.807, 2.05) is 18.2 Å². The second-order valence-electron chi connectivity index (χ2n) is 3.67. The van der Waals surface area contributed by atoms with Crippen molar-refractivity contribution >= 4 is 0 Å². The van der Waals surface area contributed by atoms with E-state index in [-0.39, 0.29) is 0 Å². The third-order valence-electron chi connectivity index (χ3n) is 2.51. The normalized spacial score (nSPS) is 10.6.